The van der Waals surface area contributed by atoms with Crippen LogP contribution in [0.1, 0.15) is 49.6 Å². The Labute approximate surface area is 167 Å². The van der Waals surface area contributed by atoms with Gasteiger partial charge in [-0.2, -0.15) is 4.31 Å². The van der Waals surface area contributed by atoms with Crippen LogP contribution >= 0.6 is 0 Å². The molecule has 2 aromatic rings. The van der Waals surface area contributed by atoms with E-state index < -0.39 is 10.0 Å². The maximum atomic E-state index is 12.5. The molecule has 0 radical (unpaired) electrons. The summed E-state index contributed by atoms with van der Waals surface area (Å²) >= 11 is 0. The summed E-state index contributed by atoms with van der Waals surface area (Å²) in [7, 11) is -3.32. The lowest BCUT2D eigenvalue weighted by Crippen LogP contribution is -2.45. The highest BCUT2D eigenvalue weighted by atomic mass is 32.2. The molecule has 0 bridgehead atoms. The fraction of sp³-hybridized carbons (Fsp3) is 0.600. The van der Waals surface area contributed by atoms with Crippen LogP contribution in [-0.2, 0) is 21.2 Å². The number of nitrogens with one attached hydrogen (secondary N) is 2. The quantitative estimate of drug-likeness (QED) is 0.738. The van der Waals surface area contributed by atoms with Crippen LogP contribution in [0.3, 0.4) is 0 Å². The van der Waals surface area contributed by atoms with Crippen LogP contribution in [-0.4, -0.2) is 53.5 Å². The number of fused-ring (bicyclic) bond motifs is 1. The zero-order valence-electron chi connectivity index (χ0n) is 16.9. The minimum absolute atomic E-state index is 0.0494. The molecule has 1 amide bonds. The predicted molar refractivity (Wildman–Crippen MR) is 111 cm³/mol. The molecule has 2 N–H and O–H groups in total. The van der Waals surface area contributed by atoms with Crippen LogP contribution < -0.4 is 5.32 Å². The van der Waals surface area contributed by atoms with Gasteiger partial charge in [-0.25, -0.2) is 13.4 Å². The van der Waals surface area contributed by atoms with Crippen molar-refractivity contribution in [3.63, 3.8) is 0 Å². The molecule has 8 heteroatoms. The number of imidazole rings is 1. The number of piperidine rings is 1. The first-order valence-electron chi connectivity index (χ1n) is 9.98. The van der Waals surface area contributed by atoms with E-state index in [1.807, 2.05) is 26.8 Å². The van der Waals surface area contributed by atoms with Crippen LogP contribution in [0.5, 0.6) is 0 Å². The van der Waals surface area contributed by atoms with Gasteiger partial charge in [0.2, 0.25) is 15.9 Å². The van der Waals surface area contributed by atoms with Gasteiger partial charge in [0, 0.05) is 32.0 Å². The van der Waals surface area contributed by atoms with Gasteiger partial charge in [-0.05, 0) is 50.8 Å². The number of carbonyl (C=O) groups excluding carboxylic acids is 1. The van der Waals surface area contributed by atoms with E-state index in [1.54, 1.807) is 4.31 Å². The molecule has 1 saturated heterocycles. The third kappa shape index (κ3) is 4.91. The van der Waals surface area contributed by atoms with Crippen LogP contribution in [0.15, 0.2) is 12.1 Å². The van der Waals surface area contributed by atoms with Crippen LogP contribution in [0.4, 0.5) is 0 Å². The molecular weight excluding hydrogens is 376 g/mol. The number of benzene rings is 1. The summed E-state index contributed by atoms with van der Waals surface area (Å²) in [5.41, 5.74) is 4.19. The van der Waals surface area contributed by atoms with E-state index in [4.69, 9.17) is 0 Å². The van der Waals surface area contributed by atoms with Crippen molar-refractivity contribution in [2.45, 2.75) is 58.9 Å². The second-order valence-corrected chi connectivity index (χ2v) is 9.82. The summed E-state index contributed by atoms with van der Waals surface area (Å²) in [6, 6.07) is 4.18. The van der Waals surface area contributed by atoms with E-state index in [0.717, 1.165) is 41.7 Å². The van der Waals surface area contributed by atoms with E-state index in [9.17, 15) is 13.2 Å². The number of hydrogen-bond donors (Lipinski definition) is 2. The van der Waals surface area contributed by atoms with Gasteiger partial charge in [-0.1, -0.05) is 12.5 Å². The summed E-state index contributed by atoms with van der Waals surface area (Å²) in [5.74, 6) is 0.565. The molecular formula is C20H30N4O3S. The molecule has 1 aromatic heterocycles. The number of aryl methyl sites for hydroxylation is 3. The molecule has 154 valence electrons. The van der Waals surface area contributed by atoms with Crippen molar-refractivity contribution < 1.29 is 13.2 Å². The standard InChI is InChI=1S/C20H30N4O3S/c1-14-12-15(2)20-17(13-14)22-18(23-20)7-8-19(25)21-9-11-28(26,27)24-10-5-4-6-16(24)3/h12-13,16H,4-11H2,1-3H3,(H,21,25)(H,22,23). The number of sulfonamides is 1. The topological polar surface area (TPSA) is 95.2 Å². The predicted octanol–water partition coefficient (Wildman–Crippen LogP) is 2.43. The Bertz CT molecular complexity index is 952. The van der Waals surface area contributed by atoms with E-state index >= 15 is 0 Å². The minimum Gasteiger partial charge on any atom is -0.355 e. The lowest BCUT2D eigenvalue weighted by atomic mass is 10.1. The molecule has 0 aliphatic carbocycles. The fourth-order valence-electron chi connectivity index (χ4n) is 3.88. The number of carbonyl (C=O) groups is 1. The van der Waals surface area contributed by atoms with Crippen molar-refractivity contribution in [3.05, 3.63) is 29.1 Å². The second kappa shape index (κ2) is 8.61. The molecule has 28 heavy (non-hydrogen) atoms. The molecule has 1 atom stereocenters. The number of hydrogen-bond acceptors (Lipinski definition) is 4. The fourth-order valence-corrected chi connectivity index (χ4v) is 5.54. The Morgan fingerprint density at radius 2 is 2.11 bits per heavy atom. The van der Waals surface area contributed by atoms with Gasteiger partial charge in [0.1, 0.15) is 5.82 Å². The largest absolute Gasteiger partial charge is 0.355 e. The molecule has 0 saturated carbocycles. The van der Waals surface area contributed by atoms with E-state index in [2.05, 4.69) is 21.4 Å². The first-order chi connectivity index (χ1) is 13.3. The van der Waals surface area contributed by atoms with Gasteiger partial charge in [-0.3, -0.25) is 4.79 Å². The molecule has 1 unspecified atom stereocenters. The molecule has 1 aliphatic rings. The average Bonchev–Trinajstić information content (AvgIpc) is 3.03. The number of amides is 1. The summed E-state index contributed by atoms with van der Waals surface area (Å²) in [4.78, 5) is 20.0. The number of aromatic amines is 1. The lowest BCUT2D eigenvalue weighted by molar-refractivity contribution is -0.120. The molecule has 2 heterocycles. The van der Waals surface area contributed by atoms with Gasteiger partial charge in [0.05, 0.1) is 16.8 Å². The zero-order chi connectivity index (χ0) is 20.3. The monoisotopic (exact) mass is 406 g/mol. The number of aromatic nitrogens is 2. The Morgan fingerprint density at radius 1 is 1.32 bits per heavy atom. The Hall–Kier alpha value is -1.93. The maximum absolute atomic E-state index is 12.5. The van der Waals surface area contributed by atoms with Crippen molar-refractivity contribution in [3.8, 4) is 0 Å². The molecule has 7 nitrogen and oxygen atoms in total. The summed E-state index contributed by atoms with van der Waals surface area (Å²) in [6.45, 7) is 6.74. The molecule has 0 spiro atoms. The van der Waals surface area contributed by atoms with Crippen molar-refractivity contribution in [1.82, 2.24) is 19.6 Å². The highest BCUT2D eigenvalue weighted by Gasteiger charge is 2.29. The SMILES string of the molecule is Cc1cc(C)c2nc(CCC(=O)NCCS(=O)(=O)N3CCCCC3C)[nH]c2c1. The van der Waals surface area contributed by atoms with Gasteiger partial charge in [0.25, 0.3) is 0 Å². The van der Waals surface area contributed by atoms with Crippen LogP contribution in [0.2, 0.25) is 0 Å². The second-order valence-electron chi connectivity index (χ2n) is 7.78. The van der Waals surface area contributed by atoms with Crippen LogP contribution in [0.25, 0.3) is 11.0 Å². The average molecular weight is 407 g/mol. The van der Waals surface area contributed by atoms with Gasteiger partial charge in [-0.15, -0.1) is 0 Å². The zero-order valence-corrected chi connectivity index (χ0v) is 17.7. The van der Waals surface area contributed by atoms with Gasteiger partial charge < -0.3 is 10.3 Å². The van der Waals surface area contributed by atoms with Gasteiger partial charge in [0.15, 0.2) is 0 Å². The Kier molecular flexibility index (Phi) is 6.40. The third-order valence-corrected chi connectivity index (χ3v) is 7.32. The lowest BCUT2D eigenvalue weighted by Gasteiger charge is -2.32. The maximum Gasteiger partial charge on any atom is 0.220 e. The van der Waals surface area contributed by atoms with Crippen LogP contribution in [0, 0.1) is 13.8 Å². The molecule has 1 aliphatic heterocycles. The minimum atomic E-state index is -3.32. The van der Waals surface area contributed by atoms with Gasteiger partial charge >= 0.3 is 0 Å². The summed E-state index contributed by atoms with van der Waals surface area (Å²) in [6.07, 6.45) is 3.66. The molecule has 1 aromatic carbocycles. The smallest absolute Gasteiger partial charge is 0.220 e. The number of H-pyrrole nitrogens is 1. The van der Waals surface area contributed by atoms with Crippen molar-refractivity contribution in [1.29, 1.82) is 0 Å². The molecule has 1 fully saturated rings. The summed E-state index contributed by atoms with van der Waals surface area (Å²) < 4.78 is 26.5. The highest BCUT2D eigenvalue weighted by molar-refractivity contribution is 7.89. The van der Waals surface area contributed by atoms with Crippen molar-refractivity contribution >= 4 is 27.0 Å². The summed E-state index contributed by atoms with van der Waals surface area (Å²) in [5, 5.41) is 2.73. The van der Waals surface area contributed by atoms with E-state index in [0.29, 0.717) is 13.0 Å². The third-order valence-electron chi connectivity index (χ3n) is 5.34. The van der Waals surface area contributed by atoms with Crippen molar-refractivity contribution in [2.24, 2.45) is 0 Å². The Balaban J connectivity index is 1.48. The normalized spacial score (nSPS) is 18.5. The number of nitrogens with zero attached hydrogens (tertiary/aromatic N) is 2. The van der Waals surface area contributed by atoms with E-state index in [-0.39, 0.29) is 30.7 Å². The molecule has 3 rings (SSSR count). The Morgan fingerprint density at radius 3 is 2.86 bits per heavy atom. The van der Waals surface area contributed by atoms with E-state index in [1.165, 1.54) is 5.56 Å². The highest BCUT2D eigenvalue weighted by Crippen LogP contribution is 2.20. The first-order valence-corrected chi connectivity index (χ1v) is 11.6. The van der Waals surface area contributed by atoms with Crippen molar-refractivity contribution in [2.75, 3.05) is 18.8 Å². The number of rotatable bonds is 7. The first kappa shape index (κ1) is 20.8.